The largest absolute Gasteiger partial charge is 0.493 e. The van der Waals surface area contributed by atoms with Crippen LogP contribution in [0.25, 0.3) is 22.8 Å². The third-order valence-electron chi connectivity index (χ3n) is 4.15. The molecule has 7 nitrogen and oxygen atoms in total. The van der Waals surface area contributed by atoms with Crippen LogP contribution in [0.5, 0.6) is 11.5 Å². The van der Waals surface area contributed by atoms with Crippen molar-refractivity contribution in [3.8, 4) is 34.3 Å². The summed E-state index contributed by atoms with van der Waals surface area (Å²) < 4.78 is 16.0. The molecule has 0 unspecified atom stereocenters. The fourth-order valence-corrected chi connectivity index (χ4v) is 2.80. The van der Waals surface area contributed by atoms with Gasteiger partial charge in [-0.3, -0.25) is 4.99 Å². The lowest BCUT2D eigenvalue weighted by Gasteiger charge is -2.07. The second-order valence-electron chi connectivity index (χ2n) is 5.73. The maximum atomic E-state index is 5.42. The van der Waals surface area contributed by atoms with Crippen LogP contribution in [0.2, 0.25) is 0 Å². The maximum Gasteiger partial charge on any atom is 0.258 e. The molecule has 26 heavy (non-hydrogen) atoms. The number of nitrogens with one attached hydrogen (secondary N) is 1. The molecule has 0 radical (unpaired) electrons. The molecule has 0 amide bonds. The zero-order valence-electron chi connectivity index (χ0n) is 14.5. The molecule has 0 saturated heterocycles. The molecule has 0 saturated carbocycles. The molecule has 1 N–H and O–H groups in total. The summed E-state index contributed by atoms with van der Waals surface area (Å²) in [5.41, 5.74) is 2.69. The van der Waals surface area contributed by atoms with Crippen molar-refractivity contribution in [2.75, 3.05) is 27.3 Å². The molecule has 1 aliphatic rings. The van der Waals surface area contributed by atoms with Crippen LogP contribution in [-0.2, 0) is 0 Å². The topological polar surface area (TPSA) is 81.8 Å². The summed E-state index contributed by atoms with van der Waals surface area (Å²) in [6.07, 6.45) is 0. The van der Waals surface area contributed by atoms with E-state index in [9.17, 15) is 0 Å². The molecule has 7 heteroatoms. The Labute approximate surface area is 150 Å². The summed E-state index contributed by atoms with van der Waals surface area (Å²) in [4.78, 5) is 8.90. The van der Waals surface area contributed by atoms with E-state index in [0.717, 1.165) is 35.6 Å². The van der Waals surface area contributed by atoms with Crippen LogP contribution in [0.4, 0.5) is 0 Å². The number of hydrogen-bond donors (Lipinski definition) is 1. The fraction of sp³-hybridized carbons (Fsp3) is 0.211. The summed E-state index contributed by atoms with van der Waals surface area (Å²) in [5.74, 6) is 3.15. The van der Waals surface area contributed by atoms with Gasteiger partial charge in [-0.1, -0.05) is 17.3 Å². The van der Waals surface area contributed by atoms with Gasteiger partial charge in [-0.2, -0.15) is 4.98 Å². The minimum Gasteiger partial charge on any atom is -0.493 e. The fourth-order valence-electron chi connectivity index (χ4n) is 2.80. The van der Waals surface area contributed by atoms with Crippen LogP contribution in [-0.4, -0.2) is 43.3 Å². The van der Waals surface area contributed by atoms with E-state index < -0.39 is 0 Å². The molecule has 0 atom stereocenters. The Hall–Kier alpha value is -3.35. The second kappa shape index (κ2) is 6.87. The molecular weight excluding hydrogens is 332 g/mol. The van der Waals surface area contributed by atoms with Crippen LogP contribution < -0.4 is 14.8 Å². The number of amidine groups is 1. The van der Waals surface area contributed by atoms with E-state index in [1.165, 1.54) is 0 Å². The number of hydrogen-bond acceptors (Lipinski definition) is 7. The van der Waals surface area contributed by atoms with E-state index in [-0.39, 0.29) is 0 Å². The van der Waals surface area contributed by atoms with E-state index in [1.807, 2.05) is 42.5 Å². The van der Waals surface area contributed by atoms with Gasteiger partial charge in [0.25, 0.3) is 5.89 Å². The van der Waals surface area contributed by atoms with Gasteiger partial charge in [-0.25, -0.2) is 0 Å². The Bertz CT molecular complexity index is 948. The monoisotopic (exact) mass is 350 g/mol. The zero-order chi connectivity index (χ0) is 17.9. The summed E-state index contributed by atoms with van der Waals surface area (Å²) >= 11 is 0. The molecule has 0 fully saturated rings. The summed E-state index contributed by atoms with van der Waals surface area (Å²) in [7, 11) is 3.19. The number of aliphatic imine (C=N–C) groups is 1. The molecule has 0 spiro atoms. The van der Waals surface area contributed by atoms with Gasteiger partial charge in [0.05, 0.1) is 20.8 Å². The first-order valence-corrected chi connectivity index (χ1v) is 8.24. The van der Waals surface area contributed by atoms with Crippen LogP contribution in [0.15, 0.2) is 52.0 Å². The summed E-state index contributed by atoms with van der Waals surface area (Å²) in [5, 5.41) is 7.33. The van der Waals surface area contributed by atoms with Crippen molar-refractivity contribution in [1.82, 2.24) is 15.5 Å². The van der Waals surface area contributed by atoms with E-state index in [4.69, 9.17) is 14.0 Å². The highest BCUT2D eigenvalue weighted by Crippen LogP contribution is 2.32. The zero-order valence-corrected chi connectivity index (χ0v) is 14.5. The van der Waals surface area contributed by atoms with E-state index in [0.29, 0.717) is 23.2 Å². The second-order valence-corrected chi connectivity index (χ2v) is 5.73. The summed E-state index contributed by atoms with van der Waals surface area (Å²) in [6.45, 7) is 1.70. The highest BCUT2D eigenvalue weighted by atomic mass is 16.5. The van der Waals surface area contributed by atoms with Gasteiger partial charge in [0, 0.05) is 23.2 Å². The van der Waals surface area contributed by atoms with Gasteiger partial charge in [-0.15, -0.1) is 0 Å². The van der Waals surface area contributed by atoms with Crippen molar-refractivity contribution in [2.24, 2.45) is 4.99 Å². The molecule has 1 aliphatic heterocycles. The number of methoxy groups -OCH3 is 2. The predicted molar refractivity (Wildman–Crippen MR) is 97.7 cm³/mol. The van der Waals surface area contributed by atoms with E-state index in [2.05, 4.69) is 20.4 Å². The minimum atomic E-state index is 0.461. The summed E-state index contributed by atoms with van der Waals surface area (Å²) in [6, 6.07) is 13.4. The quantitative estimate of drug-likeness (QED) is 0.762. The lowest BCUT2D eigenvalue weighted by Crippen LogP contribution is -2.19. The Morgan fingerprint density at radius 1 is 0.923 bits per heavy atom. The van der Waals surface area contributed by atoms with Crippen LogP contribution >= 0.6 is 0 Å². The Morgan fingerprint density at radius 2 is 1.65 bits per heavy atom. The average molecular weight is 350 g/mol. The van der Waals surface area contributed by atoms with E-state index in [1.54, 1.807) is 14.2 Å². The molecule has 3 aromatic rings. The Balaban J connectivity index is 1.60. The van der Waals surface area contributed by atoms with Crippen molar-refractivity contribution in [2.45, 2.75) is 0 Å². The van der Waals surface area contributed by atoms with Crippen molar-refractivity contribution >= 4 is 5.84 Å². The van der Waals surface area contributed by atoms with Gasteiger partial charge < -0.3 is 19.3 Å². The Morgan fingerprint density at radius 3 is 2.35 bits per heavy atom. The number of nitrogens with zero attached hydrogens (tertiary/aromatic N) is 3. The predicted octanol–water partition coefficient (Wildman–Crippen LogP) is 2.77. The first-order valence-electron chi connectivity index (χ1n) is 8.24. The maximum absolute atomic E-state index is 5.42. The Kier molecular flexibility index (Phi) is 4.27. The molecule has 2 heterocycles. The highest BCUT2D eigenvalue weighted by molar-refractivity contribution is 6.00. The van der Waals surface area contributed by atoms with Gasteiger partial charge in [0.1, 0.15) is 5.84 Å². The standard InChI is InChI=1S/C19H18N4O3/c1-24-15-8-7-14(11-16(15)25-2)18-22-19(26-23-18)13-5-3-12(4-6-13)17-20-9-10-21-17/h3-8,11H,9-10H2,1-2H3,(H,20,21). The third-order valence-corrected chi connectivity index (χ3v) is 4.15. The lowest BCUT2D eigenvalue weighted by molar-refractivity contribution is 0.355. The SMILES string of the molecule is COc1ccc(-c2noc(-c3ccc(C4=NCCN4)cc3)n2)cc1OC. The third kappa shape index (κ3) is 2.99. The molecular formula is C19H18N4O3. The van der Waals surface area contributed by atoms with Crippen LogP contribution in [0.1, 0.15) is 5.56 Å². The number of aromatic nitrogens is 2. The normalized spacial score (nSPS) is 13.2. The number of ether oxygens (including phenoxy) is 2. The van der Waals surface area contributed by atoms with Crippen molar-refractivity contribution in [3.05, 3.63) is 48.0 Å². The van der Waals surface area contributed by atoms with Crippen molar-refractivity contribution < 1.29 is 14.0 Å². The lowest BCUT2D eigenvalue weighted by atomic mass is 10.1. The first-order chi connectivity index (χ1) is 12.8. The van der Waals surface area contributed by atoms with Gasteiger partial charge >= 0.3 is 0 Å². The molecule has 0 aliphatic carbocycles. The average Bonchev–Trinajstić information content (AvgIpc) is 3.39. The highest BCUT2D eigenvalue weighted by Gasteiger charge is 2.14. The van der Waals surface area contributed by atoms with Crippen molar-refractivity contribution in [3.63, 3.8) is 0 Å². The molecule has 4 rings (SSSR count). The molecule has 0 bridgehead atoms. The number of rotatable bonds is 5. The number of benzene rings is 2. The molecule has 2 aromatic carbocycles. The van der Waals surface area contributed by atoms with Gasteiger partial charge in [0.2, 0.25) is 5.82 Å². The molecule has 1 aromatic heterocycles. The smallest absolute Gasteiger partial charge is 0.258 e. The minimum absolute atomic E-state index is 0.461. The first kappa shape index (κ1) is 16.1. The van der Waals surface area contributed by atoms with Crippen LogP contribution in [0.3, 0.4) is 0 Å². The van der Waals surface area contributed by atoms with Crippen molar-refractivity contribution in [1.29, 1.82) is 0 Å². The van der Waals surface area contributed by atoms with Gasteiger partial charge in [-0.05, 0) is 30.3 Å². The molecule has 132 valence electrons. The van der Waals surface area contributed by atoms with Crippen LogP contribution in [0, 0.1) is 0 Å². The van der Waals surface area contributed by atoms with Gasteiger partial charge in [0.15, 0.2) is 11.5 Å². The van der Waals surface area contributed by atoms with E-state index >= 15 is 0 Å².